The summed E-state index contributed by atoms with van der Waals surface area (Å²) in [6.07, 6.45) is 0. The van der Waals surface area contributed by atoms with Crippen LogP contribution in [0.15, 0.2) is 81.7 Å². The summed E-state index contributed by atoms with van der Waals surface area (Å²) >= 11 is 6.97. The summed E-state index contributed by atoms with van der Waals surface area (Å²) in [4.78, 5) is 24.1. The molecule has 0 aliphatic carbocycles. The molecule has 0 unspecified atom stereocenters. The van der Waals surface area contributed by atoms with Crippen molar-refractivity contribution in [2.75, 3.05) is 13.2 Å². The van der Waals surface area contributed by atoms with E-state index in [-0.39, 0.29) is 13.2 Å². The summed E-state index contributed by atoms with van der Waals surface area (Å²) in [7, 11) is 0. The van der Waals surface area contributed by atoms with Crippen molar-refractivity contribution in [2.45, 2.75) is 0 Å². The Hall–Kier alpha value is -3.10. The van der Waals surface area contributed by atoms with Gasteiger partial charge in [-0.25, -0.2) is 0 Å². The minimum atomic E-state index is -0.494. The van der Waals surface area contributed by atoms with E-state index in [2.05, 4.69) is 42.7 Å². The van der Waals surface area contributed by atoms with Gasteiger partial charge in [0.15, 0.2) is 13.2 Å². The number of carbonyl (C=O) groups excluding carboxylic acids is 2. The minimum Gasteiger partial charge on any atom is -0.483 e. The first kappa shape index (κ1) is 22.1. The molecule has 4 rings (SSSR count). The second-order valence-electron chi connectivity index (χ2n) is 6.89. The summed E-state index contributed by atoms with van der Waals surface area (Å²) in [6.45, 7) is -0.494. The lowest BCUT2D eigenvalue weighted by atomic mass is 10.1. The maximum Gasteiger partial charge on any atom is 0.276 e. The Morgan fingerprint density at radius 3 is 2.16 bits per heavy atom. The van der Waals surface area contributed by atoms with Crippen LogP contribution in [-0.2, 0) is 9.59 Å². The van der Waals surface area contributed by atoms with Gasteiger partial charge in [0.05, 0.1) is 4.47 Å². The molecule has 0 fully saturated rings. The number of hydrazine groups is 1. The monoisotopic (exact) mass is 556 g/mol. The molecule has 0 heterocycles. The third-order valence-corrected chi connectivity index (χ3v) is 6.00. The highest BCUT2D eigenvalue weighted by molar-refractivity contribution is 9.11. The lowest BCUT2D eigenvalue weighted by Gasteiger charge is -2.12. The zero-order valence-electron chi connectivity index (χ0n) is 16.7. The molecule has 32 heavy (non-hydrogen) atoms. The molecule has 0 bridgehead atoms. The van der Waals surface area contributed by atoms with Gasteiger partial charge in [0.2, 0.25) is 0 Å². The van der Waals surface area contributed by atoms with Crippen molar-refractivity contribution in [2.24, 2.45) is 0 Å². The zero-order valence-corrected chi connectivity index (χ0v) is 19.9. The van der Waals surface area contributed by atoms with Crippen molar-refractivity contribution in [3.63, 3.8) is 0 Å². The molecular formula is C24H18Br2N2O4. The van der Waals surface area contributed by atoms with Crippen LogP contribution in [0.25, 0.3) is 21.5 Å². The first-order chi connectivity index (χ1) is 15.5. The smallest absolute Gasteiger partial charge is 0.276 e. The fourth-order valence-electron chi connectivity index (χ4n) is 3.17. The predicted octanol–water partition coefficient (Wildman–Crippen LogP) is 5.12. The molecule has 2 amide bonds. The highest BCUT2D eigenvalue weighted by Gasteiger charge is 2.11. The van der Waals surface area contributed by atoms with Gasteiger partial charge in [-0.05, 0) is 56.4 Å². The van der Waals surface area contributed by atoms with Crippen molar-refractivity contribution < 1.29 is 19.1 Å². The SMILES string of the molecule is O=C(COc1ccc2cc(Br)ccc2c1Br)NNC(=O)COc1cccc2ccccc12. The molecule has 4 aromatic rings. The minimum absolute atomic E-state index is 0.235. The van der Waals surface area contributed by atoms with Gasteiger partial charge in [-0.2, -0.15) is 0 Å². The Labute approximate surface area is 201 Å². The number of hydrogen-bond donors (Lipinski definition) is 2. The topological polar surface area (TPSA) is 76.7 Å². The Morgan fingerprint density at radius 1 is 0.688 bits per heavy atom. The number of rotatable bonds is 6. The van der Waals surface area contributed by atoms with Crippen LogP contribution in [0.2, 0.25) is 0 Å². The van der Waals surface area contributed by atoms with E-state index in [0.29, 0.717) is 11.5 Å². The van der Waals surface area contributed by atoms with Crippen LogP contribution in [0.3, 0.4) is 0 Å². The Bertz CT molecular complexity index is 1300. The quantitative estimate of drug-likeness (QED) is 0.322. The fourth-order valence-corrected chi connectivity index (χ4v) is 4.16. The van der Waals surface area contributed by atoms with Crippen LogP contribution in [0, 0.1) is 0 Å². The summed E-state index contributed by atoms with van der Waals surface area (Å²) in [6, 6.07) is 22.9. The number of halogens is 2. The number of hydrogen-bond acceptors (Lipinski definition) is 4. The summed E-state index contributed by atoms with van der Waals surface area (Å²) in [5, 5.41) is 3.92. The summed E-state index contributed by atoms with van der Waals surface area (Å²) < 4.78 is 12.9. The van der Waals surface area contributed by atoms with E-state index in [4.69, 9.17) is 9.47 Å². The molecule has 2 N–H and O–H groups in total. The number of benzene rings is 4. The average molecular weight is 558 g/mol. The van der Waals surface area contributed by atoms with Gasteiger partial charge in [0.25, 0.3) is 11.8 Å². The van der Waals surface area contributed by atoms with Gasteiger partial charge < -0.3 is 9.47 Å². The lowest BCUT2D eigenvalue weighted by molar-refractivity contribution is -0.130. The molecule has 0 atom stereocenters. The van der Waals surface area contributed by atoms with Gasteiger partial charge in [0, 0.05) is 9.86 Å². The van der Waals surface area contributed by atoms with Crippen LogP contribution < -0.4 is 20.3 Å². The van der Waals surface area contributed by atoms with E-state index in [1.54, 1.807) is 12.1 Å². The molecule has 0 saturated carbocycles. The standard InChI is InChI=1S/C24H18Br2N2O4/c25-17-9-10-19-16(12-17)8-11-21(24(19)26)32-14-23(30)28-27-22(29)13-31-20-7-3-5-15-4-1-2-6-18(15)20/h1-12H,13-14H2,(H,27,29)(H,28,30). The van der Waals surface area contributed by atoms with Crippen LogP contribution in [-0.4, -0.2) is 25.0 Å². The molecule has 4 aromatic carbocycles. The van der Waals surface area contributed by atoms with Gasteiger partial charge >= 0.3 is 0 Å². The third-order valence-electron chi connectivity index (χ3n) is 4.69. The van der Waals surface area contributed by atoms with Crippen molar-refractivity contribution in [1.29, 1.82) is 0 Å². The summed E-state index contributed by atoms with van der Waals surface area (Å²) in [5.74, 6) is 0.150. The van der Waals surface area contributed by atoms with E-state index in [9.17, 15) is 9.59 Å². The summed E-state index contributed by atoms with van der Waals surface area (Å²) in [5.41, 5.74) is 4.65. The molecule has 0 aliphatic heterocycles. The second-order valence-corrected chi connectivity index (χ2v) is 8.60. The van der Waals surface area contributed by atoms with Crippen molar-refractivity contribution in [3.05, 3.63) is 81.7 Å². The molecule has 0 spiro atoms. The van der Waals surface area contributed by atoms with E-state index >= 15 is 0 Å². The van der Waals surface area contributed by atoms with E-state index < -0.39 is 11.8 Å². The molecular weight excluding hydrogens is 540 g/mol. The maximum atomic E-state index is 12.1. The Kier molecular flexibility index (Phi) is 6.92. The number of nitrogens with one attached hydrogen (secondary N) is 2. The van der Waals surface area contributed by atoms with Gasteiger partial charge in [-0.1, -0.05) is 64.5 Å². The van der Waals surface area contributed by atoms with Gasteiger partial charge in [0.1, 0.15) is 11.5 Å². The molecule has 0 saturated heterocycles. The van der Waals surface area contributed by atoms with Crippen LogP contribution >= 0.6 is 31.9 Å². The van der Waals surface area contributed by atoms with Crippen molar-refractivity contribution >= 4 is 65.2 Å². The third kappa shape index (κ3) is 5.20. The van der Waals surface area contributed by atoms with Crippen LogP contribution in [0.5, 0.6) is 11.5 Å². The predicted molar refractivity (Wildman–Crippen MR) is 131 cm³/mol. The second kappa shape index (κ2) is 10.0. The van der Waals surface area contributed by atoms with Gasteiger partial charge in [-0.15, -0.1) is 0 Å². The molecule has 0 aliphatic rings. The van der Waals surface area contributed by atoms with Crippen molar-refractivity contribution in [3.8, 4) is 11.5 Å². The first-order valence-electron chi connectivity index (χ1n) is 9.70. The highest BCUT2D eigenvalue weighted by atomic mass is 79.9. The zero-order chi connectivity index (χ0) is 22.5. The van der Waals surface area contributed by atoms with E-state index in [1.807, 2.05) is 60.7 Å². The Balaban J connectivity index is 1.27. The number of amides is 2. The van der Waals surface area contributed by atoms with E-state index in [0.717, 1.165) is 30.5 Å². The number of ether oxygens (including phenoxy) is 2. The van der Waals surface area contributed by atoms with Crippen molar-refractivity contribution in [1.82, 2.24) is 10.9 Å². The lowest BCUT2D eigenvalue weighted by Crippen LogP contribution is -2.45. The fraction of sp³-hybridized carbons (Fsp3) is 0.0833. The molecule has 0 radical (unpaired) electrons. The molecule has 6 nitrogen and oxygen atoms in total. The number of carbonyl (C=O) groups is 2. The molecule has 162 valence electrons. The number of fused-ring (bicyclic) bond motifs is 2. The molecule has 8 heteroatoms. The highest BCUT2D eigenvalue weighted by Crippen LogP contribution is 2.34. The average Bonchev–Trinajstić information content (AvgIpc) is 2.80. The first-order valence-corrected chi connectivity index (χ1v) is 11.3. The van der Waals surface area contributed by atoms with Crippen LogP contribution in [0.1, 0.15) is 0 Å². The molecule has 0 aromatic heterocycles. The van der Waals surface area contributed by atoms with E-state index in [1.165, 1.54) is 0 Å². The van der Waals surface area contributed by atoms with Gasteiger partial charge in [-0.3, -0.25) is 20.4 Å². The van der Waals surface area contributed by atoms with Crippen LogP contribution in [0.4, 0.5) is 0 Å². The Morgan fingerprint density at radius 2 is 1.38 bits per heavy atom. The normalized spacial score (nSPS) is 10.7. The maximum absolute atomic E-state index is 12.1. The largest absolute Gasteiger partial charge is 0.483 e.